The molecular weight excluding hydrogens is 410 g/mol. The standard InChI is InChI=1S/C23H14ClN7/c24-14-5-7-16-20(10-14)29-23(21-12-25-18-3-1-2-4-19(18)28-21)30-22(16)27-15-6-8-17-13(9-15)11-26-31-17/h1-12H,(H,26,31)(H,27,29,30). The van der Waals surface area contributed by atoms with Crippen molar-refractivity contribution in [3.63, 3.8) is 0 Å². The van der Waals surface area contributed by atoms with Crippen molar-refractivity contribution < 1.29 is 0 Å². The Morgan fingerprint density at radius 3 is 2.65 bits per heavy atom. The van der Waals surface area contributed by atoms with Crippen molar-refractivity contribution in [2.75, 3.05) is 5.32 Å². The number of rotatable bonds is 3. The monoisotopic (exact) mass is 423 g/mol. The first-order valence-electron chi connectivity index (χ1n) is 9.63. The van der Waals surface area contributed by atoms with E-state index >= 15 is 0 Å². The molecule has 3 aromatic heterocycles. The zero-order chi connectivity index (χ0) is 20.8. The second-order valence-corrected chi connectivity index (χ2v) is 7.53. The SMILES string of the molecule is Clc1ccc2c(Nc3ccc4[nH]ncc4c3)nc(-c3cnc4ccccc4n3)nc2c1. The van der Waals surface area contributed by atoms with Crippen LogP contribution in [0.2, 0.25) is 5.02 Å². The van der Waals surface area contributed by atoms with Crippen molar-refractivity contribution in [1.29, 1.82) is 0 Å². The highest BCUT2D eigenvalue weighted by Crippen LogP contribution is 2.29. The summed E-state index contributed by atoms with van der Waals surface area (Å²) in [4.78, 5) is 18.7. The molecule has 3 aromatic carbocycles. The molecule has 31 heavy (non-hydrogen) atoms. The van der Waals surface area contributed by atoms with Crippen LogP contribution in [0.1, 0.15) is 0 Å². The molecule has 148 valence electrons. The van der Waals surface area contributed by atoms with Gasteiger partial charge in [0.05, 0.1) is 34.5 Å². The minimum absolute atomic E-state index is 0.472. The van der Waals surface area contributed by atoms with E-state index in [9.17, 15) is 0 Å². The molecule has 0 saturated carbocycles. The van der Waals surface area contributed by atoms with Crippen LogP contribution in [0.3, 0.4) is 0 Å². The van der Waals surface area contributed by atoms with Crippen LogP contribution in [0.5, 0.6) is 0 Å². The highest BCUT2D eigenvalue weighted by molar-refractivity contribution is 6.31. The lowest BCUT2D eigenvalue weighted by atomic mass is 10.2. The molecule has 8 heteroatoms. The van der Waals surface area contributed by atoms with E-state index in [-0.39, 0.29) is 0 Å². The van der Waals surface area contributed by atoms with Crippen molar-refractivity contribution >= 4 is 55.9 Å². The Morgan fingerprint density at radius 2 is 1.71 bits per heavy atom. The summed E-state index contributed by atoms with van der Waals surface area (Å²) in [7, 11) is 0. The van der Waals surface area contributed by atoms with Gasteiger partial charge in [-0.1, -0.05) is 23.7 Å². The van der Waals surface area contributed by atoms with E-state index in [4.69, 9.17) is 26.6 Å². The van der Waals surface area contributed by atoms with Crippen LogP contribution in [0, 0.1) is 0 Å². The van der Waals surface area contributed by atoms with Crippen molar-refractivity contribution in [1.82, 2.24) is 30.1 Å². The number of hydrogen-bond donors (Lipinski definition) is 2. The summed E-state index contributed by atoms with van der Waals surface area (Å²) < 4.78 is 0. The number of nitrogens with one attached hydrogen (secondary N) is 2. The second-order valence-electron chi connectivity index (χ2n) is 7.10. The molecule has 7 nitrogen and oxygen atoms in total. The number of aromatic amines is 1. The molecule has 0 atom stereocenters. The molecule has 6 rings (SSSR count). The molecule has 0 spiro atoms. The summed E-state index contributed by atoms with van der Waals surface area (Å²) in [6.07, 6.45) is 3.48. The Balaban J connectivity index is 1.51. The van der Waals surface area contributed by atoms with E-state index in [1.54, 1.807) is 12.4 Å². The molecule has 0 unspecified atom stereocenters. The zero-order valence-corrected chi connectivity index (χ0v) is 16.8. The molecule has 0 radical (unpaired) electrons. The smallest absolute Gasteiger partial charge is 0.182 e. The molecular formula is C23H14ClN7. The van der Waals surface area contributed by atoms with Gasteiger partial charge in [-0.05, 0) is 48.5 Å². The number of H-pyrrole nitrogens is 1. The van der Waals surface area contributed by atoms with Gasteiger partial charge in [-0.15, -0.1) is 0 Å². The highest BCUT2D eigenvalue weighted by Gasteiger charge is 2.13. The zero-order valence-electron chi connectivity index (χ0n) is 16.0. The molecule has 0 saturated heterocycles. The maximum absolute atomic E-state index is 6.24. The van der Waals surface area contributed by atoms with Gasteiger partial charge in [0, 0.05) is 21.5 Å². The van der Waals surface area contributed by atoms with Gasteiger partial charge in [-0.25, -0.2) is 15.0 Å². The van der Waals surface area contributed by atoms with E-state index in [2.05, 4.69) is 20.5 Å². The van der Waals surface area contributed by atoms with Gasteiger partial charge in [-0.2, -0.15) is 5.10 Å². The van der Waals surface area contributed by atoms with Crippen LogP contribution in [-0.4, -0.2) is 30.1 Å². The maximum atomic E-state index is 6.24. The van der Waals surface area contributed by atoms with E-state index in [1.165, 1.54) is 0 Å². The minimum Gasteiger partial charge on any atom is -0.340 e. The third-order valence-electron chi connectivity index (χ3n) is 5.04. The van der Waals surface area contributed by atoms with Gasteiger partial charge >= 0.3 is 0 Å². The van der Waals surface area contributed by atoms with Gasteiger partial charge in [0.2, 0.25) is 0 Å². The fraction of sp³-hybridized carbons (Fsp3) is 0. The van der Waals surface area contributed by atoms with Crippen molar-refractivity contribution in [3.05, 3.63) is 78.1 Å². The van der Waals surface area contributed by atoms with E-state index in [1.807, 2.05) is 60.7 Å². The number of para-hydroxylation sites is 2. The third-order valence-corrected chi connectivity index (χ3v) is 5.27. The van der Waals surface area contributed by atoms with Crippen LogP contribution in [0.4, 0.5) is 11.5 Å². The van der Waals surface area contributed by atoms with Crippen LogP contribution in [0.25, 0.3) is 44.4 Å². The first kappa shape index (κ1) is 17.7. The van der Waals surface area contributed by atoms with Crippen LogP contribution >= 0.6 is 11.6 Å². The quantitative estimate of drug-likeness (QED) is 0.389. The molecule has 6 aromatic rings. The number of nitrogens with zero attached hydrogens (tertiary/aromatic N) is 5. The summed E-state index contributed by atoms with van der Waals surface area (Å²) in [5.74, 6) is 1.13. The first-order valence-corrected chi connectivity index (χ1v) is 10.0. The fourth-order valence-electron chi connectivity index (χ4n) is 3.53. The number of benzene rings is 3. The van der Waals surface area contributed by atoms with Gasteiger partial charge in [0.15, 0.2) is 5.82 Å². The maximum Gasteiger partial charge on any atom is 0.182 e. The summed E-state index contributed by atoms with van der Waals surface area (Å²) in [5.41, 5.74) is 4.78. The Kier molecular flexibility index (Phi) is 4.00. The average Bonchev–Trinajstić information content (AvgIpc) is 3.26. The minimum atomic E-state index is 0.472. The lowest BCUT2D eigenvalue weighted by molar-refractivity contribution is 1.12. The summed E-state index contributed by atoms with van der Waals surface area (Å²) in [6.45, 7) is 0. The Labute approximate surface area is 181 Å². The lowest BCUT2D eigenvalue weighted by Gasteiger charge is -2.11. The molecule has 0 aliphatic rings. The van der Waals surface area contributed by atoms with Crippen LogP contribution in [-0.2, 0) is 0 Å². The van der Waals surface area contributed by atoms with Gasteiger partial charge in [0.25, 0.3) is 0 Å². The number of anilines is 2. The molecule has 2 N–H and O–H groups in total. The van der Waals surface area contributed by atoms with Crippen molar-refractivity contribution in [3.8, 4) is 11.5 Å². The van der Waals surface area contributed by atoms with Gasteiger partial charge in [-0.3, -0.25) is 10.1 Å². The normalized spacial score (nSPS) is 11.4. The summed E-state index contributed by atoms with van der Waals surface area (Å²) in [6, 6.07) is 19.2. The van der Waals surface area contributed by atoms with Gasteiger partial charge in [0.1, 0.15) is 11.5 Å². The molecule has 3 heterocycles. The number of fused-ring (bicyclic) bond motifs is 3. The van der Waals surface area contributed by atoms with E-state index in [0.29, 0.717) is 22.4 Å². The molecule has 0 aliphatic carbocycles. The Bertz CT molecular complexity index is 1590. The molecule has 0 aliphatic heterocycles. The predicted octanol–water partition coefficient (Wildman–Crippen LogP) is 5.51. The van der Waals surface area contributed by atoms with E-state index in [0.717, 1.165) is 38.5 Å². The van der Waals surface area contributed by atoms with Gasteiger partial charge < -0.3 is 5.32 Å². The van der Waals surface area contributed by atoms with Crippen LogP contribution in [0.15, 0.2) is 73.1 Å². The Morgan fingerprint density at radius 1 is 0.806 bits per heavy atom. The highest BCUT2D eigenvalue weighted by atomic mass is 35.5. The number of halogens is 1. The second kappa shape index (κ2) is 7.00. The van der Waals surface area contributed by atoms with Crippen molar-refractivity contribution in [2.45, 2.75) is 0 Å². The number of aromatic nitrogens is 6. The first-order chi connectivity index (χ1) is 15.2. The summed E-state index contributed by atoms with van der Waals surface area (Å²) in [5, 5.41) is 12.9. The third kappa shape index (κ3) is 3.21. The predicted molar refractivity (Wildman–Crippen MR) is 122 cm³/mol. The molecule has 0 fully saturated rings. The molecule has 0 bridgehead atoms. The van der Waals surface area contributed by atoms with Crippen molar-refractivity contribution in [2.24, 2.45) is 0 Å². The Hall–Kier alpha value is -4.10. The number of hydrogen-bond acceptors (Lipinski definition) is 6. The molecule has 0 amide bonds. The van der Waals surface area contributed by atoms with Crippen LogP contribution < -0.4 is 5.32 Å². The average molecular weight is 424 g/mol. The van der Waals surface area contributed by atoms with E-state index < -0.39 is 0 Å². The lowest BCUT2D eigenvalue weighted by Crippen LogP contribution is -2.01. The summed E-state index contributed by atoms with van der Waals surface area (Å²) >= 11 is 6.24. The largest absolute Gasteiger partial charge is 0.340 e. The fourth-order valence-corrected chi connectivity index (χ4v) is 3.70. The topological polar surface area (TPSA) is 92.3 Å².